The van der Waals surface area contributed by atoms with Crippen molar-refractivity contribution in [2.24, 2.45) is 0 Å². The third-order valence-electron chi connectivity index (χ3n) is 1.46. The van der Waals surface area contributed by atoms with Crippen LogP contribution in [0.15, 0.2) is 24.3 Å². The number of esters is 1. The number of hydrogen-bond acceptors (Lipinski definition) is 2. The van der Waals surface area contributed by atoms with Crippen LogP contribution in [0.2, 0.25) is 0 Å². The second-order valence-electron chi connectivity index (χ2n) is 3.08. The van der Waals surface area contributed by atoms with Crippen LogP contribution in [0.25, 0.3) is 0 Å². The van der Waals surface area contributed by atoms with Gasteiger partial charge in [-0.3, -0.25) is 0 Å². The van der Waals surface area contributed by atoms with Crippen molar-refractivity contribution in [1.29, 1.82) is 0 Å². The van der Waals surface area contributed by atoms with Crippen molar-refractivity contribution in [3.8, 4) is 0 Å². The van der Waals surface area contributed by atoms with Gasteiger partial charge in [0.2, 0.25) is 0 Å². The molecule has 0 spiro atoms. The largest absolute Gasteiger partial charge is 0.463 e. The highest BCUT2D eigenvalue weighted by Crippen LogP contribution is 1.97. The molecule has 0 aliphatic carbocycles. The normalized spacial score (nSPS) is 10.3. The summed E-state index contributed by atoms with van der Waals surface area (Å²) in [6, 6.07) is 0. The highest BCUT2D eigenvalue weighted by Gasteiger charge is 1.94. The average molecular weight is 182 g/mol. The third kappa shape index (κ3) is 8.86. The molecule has 13 heavy (non-hydrogen) atoms. The van der Waals surface area contributed by atoms with Gasteiger partial charge in [-0.25, -0.2) is 4.79 Å². The first-order valence-corrected chi connectivity index (χ1v) is 4.64. The van der Waals surface area contributed by atoms with Gasteiger partial charge in [-0.2, -0.15) is 0 Å². The van der Waals surface area contributed by atoms with Crippen molar-refractivity contribution in [3.63, 3.8) is 0 Å². The SMILES string of the molecule is C=C(C)C/C=C/C(=O)OCCCC. The van der Waals surface area contributed by atoms with Gasteiger partial charge in [-0.15, -0.1) is 0 Å². The molecule has 0 radical (unpaired) electrons. The Kier molecular flexibility index (Phi) is 6.98. The van der Waals surface area contributed by atoms with Crippen molar-refractivity contribution >= 4 is 5.97 Å². The first kappa shape index (κ1) is 11.9. The van der Waals surface area contributed by atoms with Crippen LogP contribution in [0.3, 0.4) is 0 Å². The van der Waals surface area contributed by atoms with E-state index in [4.69, 9.17) is 4.74 Å². The minimum atomic E-state index is -0.255. The molecule has 0 unspecified atom stereocenters. The summed E-state index contributed by atoms with van der Waals surface area (Å²) >= 11 is 0. The Hall–Kier alpha value is -1.05. The summed E-state index contributed by atoms with van der Waals surface area (Å²) in [5.41, 5.74) is 1.04. The van der Waals surface area contributed by atoms with Gasteiger partial charge >= 0.3 is 5.97 Å². The van der Waals surface area contributed by atoms with Crippen molar-refractivity contribution in [2.75, 3.05) is 6.61 Å². The molecule has 0 saturated heterocycles. The summed E-state index contributed by atoms with van der Waals surface area (Å²) < 4.78 is 4.91. The lowest BCUT2D eigenvalue weighted by molar-refractivity contribution is -0.137. The van der Waals surface area contributed by atoms with Crippen LogP contribution < -0.4 is 0 Å². The minimum absolute atomic E-state index is 0.255. The summed E-state index contributed by atoms with van der Waals surface area (Å²) in [5.74, 6) is -0.255. The van der Waals surface area contributed by atoms with E-state index in [-0.39, 0.29) is 5.97 Å². The van der Waals surface area contributed by atoms with E-state index in [1.165, 1.54) is 6.08 Å². The number of carbonyl (C=O) groups excluding carboxylic acids is 1. The molecule has 0 saturated carbocycles. The molecule has 0 atom stereocenters. The fourth-order valence-electron chi connectivity index (χ4n) is 0.722. The van der Waals surface area contributed by atoms with Gasteiger partial charge in [0, 0.05) is 6.08 Å². The molecule has 0 aromatic heterocycles. The Bertz CT molecular complexity index is 192. The lowest BCUT2D eigenvalue weighted by Crippen LogP contribution is -2.01. The van der Waals surface area contributed by atoms with E-state index in [0.29, 0.717) is 6.61 Å². The van der Waals surface area contributed by atoms with Crippen LogP contribution >= 0.6 is 0 Å². The summed E-state index contributed by atoms with van der Waals surface area (Å²) in [7, 11) is 0. The average Bonchev–Trinajstić information content (AvgIpc) is 2.04. The van der Waals surface area contributed by atoms with Gasteiger partial charge in [0.1, 0.15) is 0 Å². The Morgan fingerprint density at radius 1 is 1.54 bits per heavy atom. The van der Waals surface area contributed by atoms with Crippen LogP contribution in [0.4, 0.5) is 0 Å². The van der Waals surface area contributed by atoms with Crippen molar-refractivity contribution < 1.29 is 9.53 Å². The summed E-state index contributed by atoms with van der Waals surface area (Å²) in [4.78, 5) is 11.0. The Morgan fingerprint density at radius 2 is 2.23 bits per heavy atom. The number of carbonyl (C=O) groups is 1. The van der Waals surface area contributed by atoms with Crippen LogP contribution in [0.5, 0.6) is 0 Å². The molecule has 0 aliphatic heterocycles. The molecular weight excluding hydrogens is 164 g/mol. The molecule has 0 heterocycles. The predicted molar refractivity (Wildman–Crippen MR) is 54.4 cm³/mol. The van der Waals surface area contributed by atoms with Crippen molar-refractivity contribution in [3.05, 3.63) is 24.3 Å². The van der Waals surface area contributed by atoms with Gasteiger partial charge in [0.25, 0.3) is 0 Å². The lowest BCUT2D eigenvalue weighted by Gasteiger charge is -1.98. The van der Waals surface area contributed by atoms with E-state index in [1.807, 2.05) is 6.92 Å². The topological polar surface area (TPSA) is 26.3 Å². The molecule has 0 rings (SSSR count). The lowest BCUT2D eigenvalue weighted by atomic mass is 10.2. The Balaban J connectivity index is 3.49. The molecule has 0 fully saturated rings. The van der Waals surface area contributed by atoms with E-state index < -0.39 is 0 Å². The molecule has 0 aliphatic rings. The maximum Gasteiger partial charge on any atom is 0.330 e. The second-order valence-corrected chi connectivity index (χ2v) is 3.08. The van der Waals surface area contributed by atoms with E-state index in [0.717, 1.165) is 24.8 Å². The Morgan fingerprint density at radius 3 is 2.77 bits per heavy atom. The number of unbranched alkanes of at least 4 members (excludes halogenated alkanes) is 1. The molecule has 0 aromatic carbocycles. The van der Waals surface area contributed by atoms with Gasteiger partial charge in [0.05, 0.1) is 6.61 Å². The quantitative estimate of drug-likeness (QED) is 0.273. The van der Waals surface area contributed by atoms with Gasteiger partial charge in [-0.05, 0) is 19.8 Å². The van der Waals surface area contributed by atoms with E-state index in [2.05, 4.69) is 13.5 Å². The fourth-order valence-corrected chi connectivity index (χ4v) is 0.722. The van der Waals surface area contributed by atoms with Gasteiger partial charge < -0.3 is 4.74 Å². The summed E-state index contributed by atoms with van der Waals surface area (Å²) in [5, 5.41) is 0. The molecule has 0 aromatic rings. The summed E-state index contributed by atoms with van der Waals surface area (Å²) in [6.07, 6.45) is 5.95. The maximum absolute atomic E-state index is 11.0. The number of rotatable bonds is 6. The zero-order valence-corrected chi connectivity index (χ0v) is 8.51. The van der Waals surface area contributed by atoms with Crippen LogP contribution in [-0.2, 0) is 9.53 Å². The molecule has 0 N–H and O–H groups in total. The number of hydrogen-bond donors (Lipinski definition) is 0. The predicted octanol–water partition coefficient (Wildman–Crippen LogP) is 2.85. The first-order valence-electron chi connectivity index (χ1n) is 4.64. The van der Waals surface area contributed by atoms with Crippen LogP contribution in [0.1, 0.15) is 33.1 Å². The van der Waals surface area contributed by atoms with Crippen molar-refractivity contribution in [1.82, 2.24) is 0 Å². The second kappa shape index (κ2) is 7.59. The molecule has 0 amide bonds. The third-order valence-corrected chi connectivity index (χ3v) is 1.46. The van der Waals surface area contributed by atoms with Crippen LogP contribution in [-0.4, -0.2) is 12.6 Å². The highest BCUT2D eigenvalue weighted by atomic mass is 16.5. The van der Waals surface area contributed by atoms with Gasteiger partial charge in [-0.1, -0.05) is 31.6 Å². The monoisotopic (exact) mass is 182 g/mol. The Labute approximate surface area is 80.3 Å². The number of allylic oxidation sites excluding steroid dienone is 2. The van der Waals surface area contributed by atoms with E-state index in [1.54, 1.807) is 6.08 Å². The first-order chi connectivity index (χ1) is 6.16. The zero-order valence-electron chi connectivity index (χ0n) is 8.51. The standard InChI is InChI=1S/C11H18O2/c1-4-5-9-13-11(12)8-6-7-10(2)3/h6,8H,2,4-5,7,9H2,1,3H3/b8-6+. The zero-order chi connectivity index (χ0) is 10.1. The highest BCUT2D eigenvalue weighted by molar-refractivity contribution is 5.81. The molecule has 2 nitrogen and oxygen atoms in total. The van der Waals surface area contributed by atoms with E-state index in [9.17, 15) is 4.79 Å². The van der Waals surface area contributed by atoms with Gasteiger partial charge in [0.15, 0.2) is 0 Å². The molecular formula is C11H18O2. The number of ether oxygens (including phenoxy) is 1. The fraction of sp³-hybridized carbons (Fsp3) is 0.545. The molecule has 0 bridgehead atoms. The minimum Gasteiger partial charge on any atom is -0.463 e. The molecule has 2 heteroatoms. The van der Waals surface area contributed by atoms with Crippen LogP contribution in [0, 0.1) is 0 Å². The maximum atomic E-state index is 11.0. The van der Waals surface area contributed by atoms with Crippen molar-refractivity contribution in [2.45, 2.75) is 33.1 Å². The van der Waals surface area contributed by atoms with E-state index >= 15 is 0 Å². The smallest absolute Gasteiger partial charge is 0.330 e. The summed E-state index contributed by atoms with van der Waals surface area (Å²) in [6.45, 7) is 8.23. The molecule has 74 valence electrons.